The van der Waals surface area contributed by atoms with Crippen molar-refractivity contribution >= 4 is 23.7 Å². The molecule has 16 heavy (non-hydrogen) atoms. The first-order valence-corrected chi connectivity index (χ1v) is 6.56. The minimum Gasteiger partial charge on any atom is -0.331 e. The summed E-state index contributed by atoms with van der Waals surface area (Å²) < 4.78 is 2.25. The van der Waals surface area contributed by atoms with Crippen molar-refractivity contribution in [3.63, 3.8) is 0 Å². The van der Waals surface area contributed by atoms with Crippen LogP contribution in [0.15, 0.2) is 30.6 Å². The van der Waals surface area contributed by atoms with Crippen molar-refractivity contribution in [1.29, 1.82) is 0 Å². The number of unbranched alkanes of at least 4 members (excludes halogenated alkanes) is 3. The Morgan fingerprint density at radius 2 is 1.88 bits per heavy atom. The van der Waals surface area contributed by atoms with E-state index in [0.29, 0.717) is 0 Å². The molecule has 0 aliphatic carbocycles. The molecule has 0 amide bonds. The van der Waals surface area contributed by atoms with E-state index in [4.69, 9.17) is 0 Å². The number of imidazole rings is 1. The van der Waals surface area contributed by atoms with Gasteiger partial charge in [-0.15, -0.1) is 0 Å². The number of benzene rings is 1. The molecule has 1 heterocycles. The fourth-order valence-electron chi connectivity index (χ4n) is 1.94. The van der Waals surface area contributed by atoms with Gasteiger partial charge in [-0.25, -0.2) is 4.98 Å². The molecule has 1 aromatic carbocycles. The Labute approximate surface area is 102 Å². The van der Waals surface area contributed by atoms with Crippen molar-refractivity contribution in [2.24, 2.45) is 0 Å². The number of aryl methyl sites for hydroxylation is 1. The summed E-state index contributed by atoms with van der Waals surface area (Å²) in [6.07, 6.45) is 6.98. The van der Waals surface area contributed by atoms with Crippen molar-refractivity contribution in [3.05, 3.63) is 30.6 Å². The van der Waals surface area contributed by atoms with Crippen LogP contribution in [-0.4, -0.2) is 15.3 Å². The van der Waals surface area contributed by atoms with Crippen molar-refractivity contribution < 1.29 is 0 Å². The highest BCUT2D eigenvalue weighted by Gasteiger charge is 2.00. The van der Waals surface area contributed by atoms with E-state index >= 15 is 0 Å². The first-order valence-electron chi connectivity index (χ1n) is 5.92. The van der Waals surface area contributed by atoms with E-state index in [2.05, 4.69) is 40.4 Å². The summed E-state index contributed by atoms with van der Waals surface area (Å²) >= 11 is 4.22. The average molecular weight is 234 g/mol. The van der Waals surface area contributed by atoms with Gasteiger partial charge in [-0.3, -0.25) is 0 Å². The number of nitrogens with zero attached hydrogens (tertiary/aromatic N) is 2. The van der Waals surface area contributed by atoms with E-state index in [9.17, 15) is 0 Å². The zero-order valence-corrected chi connectivity index (χ0v) is 10.4. The third kappa shape index (κ3) is 2.79. The Hall–Kier alpha value is -0.960. The van der Waals surface area contributed by atoms with Crippen molar-refractivity contribution in [1.82, 2.24) is 9.55 Å². The van der Waals surface area contributed by atoms with Crippen LogP contribution in [0, 0.1) is 0 Å². The van der Waals surface area contributed by atoms with Crippen LogP contribution in [0.25, 0.3) is 11.0 Å². The molecule has 0 saturated carbocycles. The van der Waals surface area contributed by atoms with E-state index < -0.39 is 0 Å². The van der Waals surface area contributed by atoms with Gasteiger partial charge in [0.15, 0.2) is 0 Å². The quantitative estimate of drug-likeness (QED) is 0.598. The van der Waals surface area contributed by atoms with E-state index in [1.807, 2.05) is 12.4 Å². The average Bonchev–Trinajstić information content (AvgIpc) is 2.73. The van der Waals surface area contributed by atoms with E-state index in [1.165, 1.54) is 31.2 Å². The molecule has 0 fully saturated rings. The van der Waals surface area contributed by atoms with Gasteiger partial charge in [0.2, 0.25) is 0 Å². The second-order valence-electron chi connectivity index (χ2n) is 4.06. The predicted octanol–water partition coefficient (Wildman–Crippen LogP) is 3.53. The highest BCUT2D eigenvalue weighted by Crippen LogP contribution is 2.13. The van der Waals surface area contributed by atoms with Crippen LogP contribution in [0.1, 0.15) is 25.7 Å². The Balaban J connectivity index is 1.89. The molecule has 2 aromatic rings. The smallest absolute Gasteiger partial charge is 0.0958 e. The van der Waals surface area contributed by atoms with Crippen LogP contribution in [-0.2, 0) is 6.54 Å². The topological polar surface area (TPSA) is 17.8 Å². The first kappa shape index (κ1) is 11.5. The van der Waals surface area contributed by atoms with Crippen LogP contribution in [0.4, 0.5) is 0 Å². The molecule has 0 aliphatic rings. The molecular formula is C13H18N2S. The lowest BCUT2D eigenvalue weighted by atomic mass is 10.2. The zero-order valence-electron chi connectivity index (χ0n) is 9.47. The minimum atomic E-state index is 1.01. The summed E-state index contributed by atoms with van der Waals surface area (Å²) in [5, 5.41) is 0. The fourth-order valence-corrected chi connectivity index (χ4v) is 2.16. The highest BCUT2D eigenvalue weighted by atomic mass is 32.1. The Morgan fingerprint density at radius 1 is 1.06 bits per heavy atom. The van der Waals surface area contributed by atoms with Gasteiger partial charge in [-0.05, 0) is 30.7 Å². The Bertz CT molecular complexity index is 436. The maximum atomic E-state index is 4.38. The van der Waals surface area contributed by atoms with Gasteiger partial charge >= 0.3 is 0 Å². The lowest BCUT2D eigenvalue weighted by Crippen LogP contribution is -1.95. The minimum absolute atomic E-state index is 1.01. The molecule has 0 N–H and O–H groups in total. The molecule has 3 heteroatoms. The van der Waals surface area contributed by atoms with Crippen LogP contribution in [0.3, 0.4) is 0 Å². The standard InChI is InChI=1S/C13H18N2S/c16-10-6-2-1-5-9-15-11-14-12-7-3-4-8-13(12)15/h3-4,7-8,11,16H,1-2,5-6,9-10H2. The molecule has 86 valence electrons. The van der Waals surface area contributed by atoms with Crippen LogP contribution in [0.2, 0.25) is 0 Å². The molecule has 2 nitrogen and oxygen atoms in total. The highest BCUT2D eigenvalue weighted by molar-refractivity contribution is 7.80. The molecular weight excluding hydrogens is 216 g/mol. The van der Waals surface area contributed by atoms with Gasteiger partial charge in [-0.1, -0.05) is 25.0 Å². The predicted molar refractivity (Wildman–Crippen MR) is 72.1 cm³/mol. The maximum absolute atomic E-state index is 4.38. The Morgan fingerprint density at radius 3 is 2.75 bits per heavy atom. The number of hydrogen-bond donors (Lipinski definition) is 1. The van der Waals surface area contributed by atoms with Gasteiger partial charge in [0.1, 0.15) is 0 Å². The van der Waals surface area contributed by atoms with Gasteiger partial charge in [0.05, 0.1) is 17.4 Å². The normalized spacial score (nSPS) is 11.1. The molecule has 2 rings (SSSR count). The van der Waals surface area contributed by atoms with Crippen molar-refractivity contribution in [2.75, 3.05) is 5.75 Å². The van der Waals surface area contributed by atoms with E-state index in [1.54, 1.807) is 0 Å². The lowest BCUT2D eigenvalue weighted by Gasteiger charge is -2.03. The molecule has 0 radical (unpaired) electrons. The van der Waals surface area contributed by atoms with E-state index in [0.717, 1.165) is 17.8 Å². The third-order valence-corrected chi connectivity index (χ3v) is 3.15. The van der Waals surface area contributed by atoms with Crippen molar-refractivity contribution in [3.8, 4) is 0 Å². The second kappa shape index (κ2) is 5.94. The van der Waals surface area contributed by atoms with E-state index in [-0.39, 0.29) is 0 Å². The summed E-state index contributed by atoms with van der Waals surface area (Å²) in [5.41, 5.74) is 2.34. The maximum Gasteiger partial charge on any atom is 0.0958 e. The Kier molecular flexibility index (Phi) is 4.28. The van der Waals surface area contributed by atoms with Crippen LogP contribution in [0.5, 0.6) is 0 Å². The fraction of sp³-hybridized carbons (Fsp3) is 0.462. The van der Waals surface area contributed by atoms with Gasteiger partial charge in [-0.2, -0.15) is 12.6 Å². The van der Waals surface area contributed by atoms with Gasteiger partial charge in [0.25, 0.3) is 0 Å². The molecule has 0 aliphatic heterocycles. The summed E-state index contributed by atoms with van der Waals surface area (Å²) in [6.45, 7) is 1.08. The summed E-state index contributed by atoms with van der Waals surface area (Å²) in [6, 6.07) is 8.30. The van der Waals surface area contributed by atoms with Gasteiger partial charge in [0, 0.05) is 6.54 Å². The van der Waals surface area contributed by atoms with Crippen LogP contribution >= 0.6 is 12.6 Å². The molecule has 0 unspecified atom stereocenters. The zero-order chi connectivity index (χ0) is 11.2. The largest absolute Gasteiger partial charge is 0.331 e. The molecule has 1 aromatic heterocycles. The SMILES string of the molecule is SCCCCCCn1cnc2ccccc21. The lowest BCUT2D eigenvalue weighted by molar-refractivity contribution is 0.593. The third-order valence-electron chi connectivity index (χ3n) is 2.83. The number of rotatable bonds is 6. The molecule has 0 bridgehead atoms. The summed E-state index contributed by atoms with van der Waals surface area (Å²) in [7, 11) is 0. The number of hydrogen-bond acceptors (Lipinski definition) is 2. The second-order valence-corrected chi connectivity index (χ2v) is 4.51. The molecule has 0 atom stereocenters. The number of thiol groups is 1. The summed E-state index contributed by atoms with van der Waals surface area (Å²) in [4.78, 5) is 4.38. The number of aromatic nitrogens is 2. The van der Waals surface area contributed by atoms with Crippen LogP contribution < -0.4 is 0 Å². The number of fused-ring (bicyclic) bond motifs is 1. The summed E-state index contributed by atoms with van der Waals surface area (Å²) in [5.74, 6) is 1.01. The van der Waals surface area contributed by atoms with Gasteiger partial charge < -0.3 is 4.57 Å². The van der Waals surface area contributed by atoms with Crippen molar-refractivity contribution in [2.45, 2.75) is 32.2 Å². The number of para-hydroxylation sites is 2. The molecule has 0 saturated heterocycles. The first-order chi connectivity index (χ1) is 7.92. The monoisotopic (exact) mass is 234 g/mol. The molecule has 0 spiro atoms.